The number of carbonyl (C=O) groups excluding carboxylic acids is 1. The molecule has 1 amide bonds. The molecule has 1 aliphatic heterocycles. The van der Waals surface area contributed by atoms with Crippen molar-refractivity contribution >= 4 is 11.7 Å². The number of rotatable bonds is 7. The third kappa shape index (κ3) is 5.54. The summed E-state index contributed by atoms with van der Waals surface area (Å²) in [4.78, 5) is 19.2. The van der Waals surface area contributed by atoms with Gasteiger partial charge in [-0.05, 0) is 55.7 Å². The minimum Gasteiger partial charge on any atom is -0.396 e. The highest BCUT2D eigenvalue weighted by atomic mass is 16.2. The lowest BCUT2D eigenvalue weighted by molar-refractivity contribution is 0.0760. The summed E-state index contributed by atoms with van der Waals surface area (Å²) >= 11 is 0. The maximum Gasteiger partial charge on any atom is 0.255 e. The van der Waals surface area contributed by atoms with Gasteiger partial charge >= 0.3 is 0 Å². The maximum atomic E-state index is 12.8. The number of aliphatic hydroxyl groups excluding tert-OH is 1. The highest BCUT2D eigenvalue weighted by Crippen LogP contribution is 2.28. The first-order chi connectivity index (χ1) is 13.3. The number of hydrogen-bond acceptors (Lipinski definition) is 4. The largest absolute Gasteiger partial charge is 0.396 e. The summed E-state index contributed by atoms with van der Waals surface area (Å²) in [6.07, 6.45) is 6.51. The second-order valence-corrected chi connectivity index (χ2v) is 7.12. The van der Waals surface area contributed by atoms with Crippen LogP contribution < -0.4 is 5.32 Å². The van der Waals surface area contributed by atoms with E-state index in [0.717, 1.165) is 57.6 Å². The average molecular weight is 367 g/mol. The second kappa shape index (κ2) is 10.1. The molecule has 2 aromatic rings. The molecule has 1 atom stereocenters. The van der Waals surface area contributed by atoms with Crippen LogP contribution in [0.1, 0.15) is 53.9 Å². The number of aliphatic hydroxyl groups is 1. The van der Waals surface area contributed by atoms with Gasteiger partial charge in [0, 0.05) is 32.4 Å². The molecule has 3 rings (SSSR count). The molecule has 0 aliphatic carbocycles. The Balaban J connectivity index is 1.54. The maximum absolute atomic E-state index is 12.8. The lowest BCUT2D eigenvalue weighted by Gasteiger charge is -2.21. The lowest BCUT2D eigenvalue weighted by Crippen LogP contribution is -2.32. The summed E-state index contributed by atoms with van der Waals surface area (Å²) in [5.74, 6) is 1.38. The van der Waals surface area contributed by atoms with E-state index in [1.165, 1.54) is 5.56 Å². The Morgan fingerprint density at radius 3 is 2.70 bits per heavy atom. The van der Waals surface area contributed by atoms with E-state index in [4.69, 9.17) is 5.11 Å². The van der Waals surface area contributed by atoms with Crippen molar-refractivity contribution in [1.29, 1.82) is 0 Å². The van der Waals surface area contributed by atoms with Crippen LogP contribution in [0.4, 0.5) is 5.82 Å². The van der Waals surface area contributed by atoms with Crippen LogP contribution in [0.5, 0.6) is 0 Å². The smallest absolute Gasteiger partial charge is 0.255 e. The van der Waals surface area contributed by atoms with Crippen molar-refractivity contribution in [3.8, 4) is 0 Å². The van der Waals surface area contributed by atoms with Crippen molar-refractivity contribution in [3.63, 3.8) is 0 Å². The van der Waals surface area contributed by atoms with Crippen molar-refractivity contribution in [2.24, 2.45) is 0 Å². The van der Waals surface area contributed by atoms with Crippen molar-refractivity contribution < 1.29 is 9.90 Å². The van der Waals surface area contributed by atoms with Gasteiger partial charge in [0.05, 0.1) is 5.56 Å². The van der Waals surface area contributed by atoms with Gasteiger partial charge in [-0.3, -0.25) is 4.79 Å². The van der Waals surface area contributed by atoms with Gasteiger partial charge in [-0.2, -0.15) is 0 Å². The molecule has 1 aromatic heterocycles. The van der Waals surface area contributed by atoms with Crippen LogP contribution in [0, 0.1) is 0 Å². The fourth-order valence-electron chi connectivity index (χ4n) is 3.62. The Morgan fingerprint density at radius 2 is 1.96 bits per heavy atom. The molecule has 5 nitrogen and oxygen atoms in total. The van der Waals surface area contributed by atoms with E-state index in [0.29, 0.717) is 11.5 Å². The van der Waals surface area contributed by atoms with E-state index >= 15 is 0 Å². The number of nitrogens with one attached hydrogen (secondary N) is 1. The number of pyridine rings is 1. The molecule has 144 valence electrons. The van der Waals surface area contributed by atoms with E-state index in [1.807, 2.05) is 23.1 Å². The Morgan fingerprint density at radius 1 is 1.11 bits per heavy atom. The standard InChI is InChI=1S/C22H29N3O2/c26-16-5-4-13-23-21-11-10-20(17-24-21)22(27)25-14-6-9-19(12-15-25)18-7-2-1-3-8-18/h1-3,7-8,10-11,17,19,26H,4-6,9,12-16H2,(H,23,24)/t19-/m0/s1. The van der Waals surface area contributed by atoms with E-state index in [-0.39, 0.29) is 12.5 Å². The first-order valence-electron chi connectivity index (χ1n) is 9.93. The number of anilines is 1. The van der Waals surface area contributed by atoms with E-state index in [9.17, 15) is 4.79 Å². The molecule has 0 spiro atoms. The molecule has 1 saturated heterocycles. The molecular weight excluding hydrogens is 338 g/mol. The zero-order valence-corrected chi connectivity index (χ0v) is 15.8. The van der Waals surface area contributed by atoms with Crippen molar-refractivity contribution in [3.05, 3.63) is 59.8 Å². The highest BCUT2D eigenvalue weighted by molar-refractivity contribution is 5.94. The van der Waals surface area contributed by atoms with E-state index < -0.39 is 0 Å². The van der Waals surface area contributed by atoms with E-state index in [2.05, 4.69) is 34.6 Å². The van der Waals surface area contributed by atoms with Gasteiger partial charge in [-0.25, -0.2) is 4.98 Å². The van der Waals surface area contributed by atoms with Gasteiger partial charge < -0.3 is 15.3 Å². The van der Waals surface area contributed by atoms with Gasteiger partial charge in [0.2, 0.25) is 0 Å². The molecule has 27 heavy (non-hydrogen) atoms. The number of hydrogen-bond donors (Lipinski definition) is 2. The predicted octanol–water partition coefficient (Wildman–Crippen LogP) is 3.68. The van der Waals surface area contributed by atoms with Crippen molar-refractivity contribution in [1.82, 2.24) is 9.88 Å². The number of unbranched alkanes of at least 4 members (excludes halogenated alkanes) is 1. The Hall–Kier alpha value is -2.40. The Bertz CT molecular complexity index is 703. The zero-order chi connectivity index (χ0) is 18.9. The third-order valence-electron chi connectivity index (χ3n) is 5.19. The first kappa shape index (κ1) is 19.4. The SMILES string of the molecule is O=C(c1ccc(NCCCCO)nc1)N1CCC[C@H](c2ccccc2)CC1. The number of benzene rings is 1. The molecule has 2 N–H and O–H groups in total. The minimum absolute atomic E-state index is 0.0723. The van der Waals surface area contributed by atoms with Gasteiger partial charge in [-0.1, -0.05) is 30.3 Å². The number of carbonyl (C=O) groups is 1. The molecule has 1 fully saturated rings. The molecule has 0 bridgehead atoms. The number of aromatic nitrogens is 1. The monoisotopic (exact) mass is 367 g/mol. The normalized spacial score (nSPS) is 17.4. The average Bonchev–Trinajstić information content (AvgIpc) is 2.98. The van der Waals surface area contributed by atoms with Crippen LogP contribution in [0.3, 0.4) is 0 Å². The highest BCUT2D eigenvalue weighted by Gasteiger charge is 2.22. The quantitative estimate of drug-likeness (QED) is 0.733. The zero-order valence-electron chi connectivity index (χ0n) is 15.8. The summed E-state index contributed by atoms with van der Waals surface area (Å²) in [5, 5.41) is 12.0. The molecule has 1 aromatic carbocycles. The van der Waals surface area contributed by atoms with Crippen LogP contribution in [-0.2, 0) is 0 Å². The van der Waals surface area contributed by atoms with E-state index in [1.54, 1.807) is 6.20 Å². The minimum atomic E-state index is 0.0723. The summed E-state index contributed by atoms with van der Waals surface area (Å²) in [7, 11) is 0. The molecule has 1 aliphatic rings. The lowest BCUT2D eigenvalue weighted by atomic mass is 9.92. The van der Waals surface area contributed by atoms with Crippen LogP contribution in [0.2, 0.25) is 0 Å². The molecule has 0 unspecified atom stereocenters. The Kier molecular flexibility index (Phi) is 7.22. The first-order valence-corrected chi connectivity index (χ1v) is 9.93. The third-order valence-corrected chi connectivity index (χ3v) is 5.19. The summed E-state index contributed by atoms with van der Waals surface area (Å²) in [6, 6.07) is 14.3. The van der Waals surface area contributed by atoms with Gasteiger partial charge in [0.1, 0.15) is 5.82 Å². The van der Waals surface area contributed by atoms with Gasteiger partial charge in [-0.15, -0.1) is 0 Å². The van der Waals surface area contributed by atoms with Crippen LogP contribution >= 0.6 is 0 Å². The molecular formula is C22H29N3O2. The summed E-state index contributed by atoms with van der Waals surface area (Å²) in [5.41, 5.74) is 2.03. The molecule has 5 heteroatoms. The summed E-state index contributed by atoms with van der Waals surface area (Å²) < 4.78 is 0. The van der Waals surface area contributed by atoms with Crippen LogP contribution in [0.25, 0.3) is 0 Å². The van der Waals surface area contributed by atoms with Crippen LogP contribution in [-0.4, -0.2) is 47.1 Å². The second-order valence-electron chi connectivity index (χ2n) is 7.12. The Labute approximate surface area is 161 Å². The topological polar surface area (TPSA) is 65.5 Å². The fraction of sp³-hybridized carbons (Fsp3) is 0.455. The number of amides is 1. The molecule has 0 radical (unpaired) electrons. The predicted molar refractivity (Wildman–Crippen MR) is 108 cm³/mol. The van der Waals surface area contributed by atoms with Gasteiger partial charge in [0.15, 0.2) is 0 Å². The fourth-order valence-corrected chi connectivity index (χ4v) is 3.62. The summed E-state index contributed by atoms with van der Waals surface area (Å²) in [6.45, 7) is 2.58. The molecule has 2 heterocycles. The molecule has 0 saturated carbocycles. The number of nitrogens with zero attached hydrogens (tertiary/aromatic N) is 2. The van der Waals surface area contributed by atoms with Crippen molar-refractivity contribution in [2.45, 2.75) is 38.0 Å². The van der Waals surface area contributed by atoms with Crippen molar-refractivity contribution in [2.75, 3.05) is 31.6 Å². The van der Waals surface area contributed by atoms with Gasteiger partial charge in [0.25, 0.3) is 5.91 Å². The van der Waals surface area contributed by atoms with Crippen LogP contribution in [0.15, 0.2) is 48.7 Å². The number of likely N-dealkylation sites (tertiary alicyclic amines) is 1.